The first-order valence-corrected chi connectivity index (χ1v) is 4.72. The van der Waals surface area contributed by atoms with E-state index in [2.05, 4.69) is 10.1 Å². The molecule has 1 atom stereocenters. The number of methoxy groups -OCH3 is 1. The van der Waals surface area contributed by atoms with Gasteiger partial charge in [0.25, 0.3) is 0 Å². The molecule has 5 nitrogen and oxygen atoms in total. The van der Waals surface area contributed by atoms with Crippen molar-refractivity contribution in [2.45, 2.75) is 12.5 Å². The summed E-state index contributed by atoms with van der Waals surface area (Å²) in [6, 6.07) is 7.86. The molecule has 0 aliphatic rings. The van der Waals surface area contributed by atoms with Crippen molar-refractivity contribution in [2.75, 3.05) is 7.11 Å². The normalized spacial score (nSPS) is 10.9. The number of aliphatic carboxylic acids is 1. The van der Waals surface area contributed by atoms with Crippen molar-refractivity contribution in [3.05, 3.63) is 35.9 Å². The Kier molecular flexibility index (Phi) is 7.61. The van der Waals surface area contributed by atoms with Crippen LogP contribution in [0, 0.1) is 0 Å². The summed E-state index contributed by atoms with van der Waals surface area (Å²) in [5.74, 6) is -1.34. The third kappa shape index (κ3) is 5.72. The van der Waals surface area contributed by atoms with E-state index in [1.165, 1.54) is 7.11 Å². The number of carbonyl (C=O) groups is 2. The summed E-state index contributed by atoms with van der Waals surface area (Å²) in [7, 11) is 1.17. The molecule has 1 aromatic rings. The molecule has 17 heavy (non-hydrogen) atoms. The third-order valence-electron chi connectivity index (χ3n) is 2.04. The number of carbonyl (C=O) groups excluding carboxylic acids is 2. The molecule has 0 heterocycles. The standard InChI is InChI=1S/C11H13NO4.Na/c1-16-11(15)12-9(10(13)14)7-8-5-3-2-4-6-8;/h2-6,9H,7H2,1H3,(H,12,15)(H,13,14);/q;+1/p-1. The second-order valence-corrected chi connectivity index (χ2v) is 3.20. The van der Waals surface area contributed by atoms with Crippen molar-refractivity contribution in [1.29, 1.82) is 0 Å². The molecule has 0 spiro atoms. The molecule has 1 unspecified atom stereocenters. The van der Waals surface area contributed by atoms with Crippen molar-refractivity contribution in [2.24, 2.45) is 0 Å². The van der Waals surface area contributed by atoms with Crippen molar-refractivity contribution in [3.63, 3.8) is 0 Å². The Labute approximate surface area is 121 Å². The maximum absolute atomic E-state index is 10.9. The molecular weight excluding hydrogens is 233 g/mol. The van der Waals surface area contributed by atoms with E-state index in [-0.39, 0.29) is 36.0 Å². The zero-order chi connectivity index (χ0) is 12.0. The van der Waals surface area contributed by atoms with Crippen LogP contribution in [-0.4, -0.2) is 25.2 Å². The van der Waals surface area contributed by atoms with Gasteiger partial charge in [-0.15, -0.1) is 0 Å². The molecule has 6 heteroatoms. The number of carboxylic acids is 1. The van der Waals surface area contributed by atoms with Crippen LogP contribution in [0.5, 0.6) is 0 Å². The van der Waals surface area contributed by atoms with Crippen LogP contribution in [0.15, 0.2) is 30.3 Å². The van der Waals surface area contributed by atoms with Crippen molar-refractivity contribution < 1.29 is 49.0 Å². The van der Waals surface area contributed by atoms with Gasteiger partial charge < -0.3 is 20.0 Å². The maximum atomic E-state index is 10.9. The monoisotopic (exact) mass is 245 g/mol. The van der Waals surface area contributed by atoms with E-state index in [1.807, 2.05) is 6.07 Å². The van der Waals surface area contributed by atoms with Gasteiger partial charge >= 0.3 is 35.7 Å². The molecule has 1 N–H and O–H groups in total. The summed E-state index contributed by atoms with van der Waals surface area (Å²) >= 11 is 0. The molecule has 0 aliphatic heterocycles. The minimum absolute atomic E-state index is 0. The third-order valence-corrected chi connectivity index (χ3v) is 2.04. The first-order chi connectivity index (χ1) is 7.63. The number of benzene rings is 1. The molecule has 0 radical (unpaired) electrons. The predicted molar refractivity (Wildman–Crippen MR) is 54.5 cm³/mol. The predicted octanol–water partition coefficient (Wildman–Crippen LogP) is -3.29. The number of rotatable bonds is 4. The number of hydrogen-bond donors (Lipinski definition) is 1. The van der Waals surface area contributed by atoms with Gasteiger partial charge in [0.1, 0.15) is 0 Å². The molecule has 0 aromatic heterocycles. The van der Waals surface area contributed by atoms with Crippen LogP contribution < -0.4 is 40.0 Å². The Bertz CT molecular complexity index is 369. The van der Waals surface area contributed by atoms with Crippen LogP contribution >= 0.6 is 0 Å². The zero-order valence-electron chi connectivity index (χ0n) is 9.80. The van der Waals surface area contributed by atoms with Crippen molar-refractivity contribution in [3.8, 4) is 0 Å². The molecule has 0 saturated heterocycles. The quantitative estimate of drug-likeness (QED) is 0.564. The van der Waals surface area contributed by atoms with Crippen LogP contribution in [0.2, 0.25) is 0 Å². The Hall–Kier alpha value is -1.04. The summed E-state index contributed by atoms with van der Waals surface area (Å²) in [5, 5.41) is 13.0. The zero-order valence-corrected chi connectivity index (χ0v) is 11.8. The van der Waals surface area contributed by atoms with Gasteiger partial charge in [-0.1, -0.05) is 30.3 Å². The van der Waals surface area contributed by atoms with Gasteiger partial charge in [0.05, 0.1) is 19.1 Å². The summed E-state index contributed by atoms with van der Waals surface area (Å²) in [6.45, 7) is 0. The summed E-state index contributed by atoms with van der Waals surface area (Å²) in [5.41, 5.74) is 0.799. The van der Waals surface area contributed by atoms with Gasteiger partial charge in [0.15, 0.2) is 0 Å². The summed E-state index contributed by atoms with van der Waals surface area (Å²) in [6.07, 6.45) is -0.622. The van der Waals surface area contributed by atoms with Crippen LogP contribution in [0.3, 0.4) is 0 Å². The number of hydrogen-bond acceptors (Lipinski definition) is 4. The number of ether oxygens (including phenoxy) is 1. The summed E-state index contributed by atoms with van der Waals surface area (Å²) < 4.78 is 4.33. The van der Waals surface area contributed by atoms with Crippen molar-refractivity contribution >= 4 is 12.1 Å². The number of carboxylic acid groups (broad SMARTS) is 1. The fourth-order valence-corrected chi connectivity index (χ4v) is 1.24. The minimum atomic E-state index is -1.34. The Morgan fingerprint density at radius 2 is 1.94 bits per heavy atom. The van der Waals surface area contributed by atoms with Crippen LogP contribution in [-0.2, 0) is 16.0 Å². The van der Waals surface area contributed by atoms with E-state index in [1.54, 1.807) is 24.3 Å². The average molecular weight is 245 g/mol. The Morgan fingerprint density at radius 3 is 2.41 bits per heavy atom. The first-order valence-electron chi connectivity index (χ1n) is 4.72. The molecular formula is C11H12NNaO4. The van der Waals surface area contributed by atoms with Crippen LogP contribution in [0.1, 0.15) is 5.56 Å². The summed E-state index contributed by atoms with van der Waals surface area (Å²) in [4.78, 5) is 21.7. The molecule has 1 amide bonds. The van der Waals surface area contributed by atoms with Gasteiger partial charge in [-0.3, -0.25) is 0 Å². The molecule has 0 aliphatic carbocycles. The van der Waals surface area contributed by atoms with Gasteiger partial charge in [-0.25, -0.2) is 4.79 Å². The van der Waals surface area contributed by atoms with Gasteiger partial charge in [-0.2, -0.15) is 0 Å². The largest absolute Gasteiger partial charge is 1.00 e. The number of amides is 1. The second kappa shape index (κ2) is 8.11. The molecule has 0 fully saturated rings. The Morgan fingerprint density at radius 1 is 1.35 bits per heavy atom. The topological polar surface area (TPSA) is 78.5 Å². The van der Waals surface area contributed by atoms with E-state index in [0.717, 1.165) is 5.56 Å². The molecule has 86 valence electrons. The number of nitrogens with one attached hydrogen (secondary N) is 1. The van der Waals surface area contributed by atoms with Gasteiger partial charge in [0, 0.05) is 0 Å². The Balaban J connectivity index is 0.00000256. The molecule has 1 aromatic carbocycles. The smallest absolute Gasteiger partial charge is 0.548 e. The molecule has 0 bridgehead atoms. The second-order valence-electron chi connectivity index (χ2n) is 3.20. The maximum Gasteiger partial charge on any atom is 1.00 e. The van der Waals surface area contributed by atoms with Gasteiger partial charge in [-0.05, 0) is 12.0 Å². The van der Waals surface area contributed by atoms with E-state index in [9.17, 15) is 14.7 Å². The van der Waals surface area contributed by atoms with Crippen molar-refractivity contribution in [1.82, 2.24) is 5.32 Å². The van der Waals surface area contributed by atoms with E-state index >= 15 is 0 Å². The van der Waals surface area contributed by atoms with Crippen LogP contribution in [0.4, 0.5) is 4.79 Å². The SMILES string of the molecule is COC(=O)NC(Cc1ccccc1)C(=O)[O-].[Na+]. The molecule has 1 rings (SSSR count). The average Bonchev–Trinajstić information content (AvgIpc) is 2.29. The molecule has 0 saturated carbocycles. The first kappa shape index (κ1) is 16.0. The van der Waals surface area contributed by atoms with E-state index in [0.29, 0.717) is 0 Å². The minimum Gasteiger partial charge on any atom is -0.548 e. The van der Waals surface area contributed by atoms with Crippen LogP contribution in [0.25, 0.3) is 0 Å². The van der Waals surface area contributed by atoms with Gasteiger partial charge in [0.2, 0.25) is 0 Å². The van der Waals surface area contributed by atoms with E-state index in [4.69, 9.17) is 0 Å². The van der Waals surface area contributed by atoms with E-state index < -0.39 is 18.1 Å². The fraction of sp³-hybridized carbons (Fsp3) is 0.273. The number of alkyl carbamates (subject to hydrolysis) is 1. The fourth-order valence-electron chi connectivity index (χ4n) is 1.24.